The van der Waals surface area contributed by atoms with Gasteiger partial charge in [-0.3, -0.25) is 4.98 Å². The third-order valence-corrected chi connectivity index (χ3v) is 4.07. The summed E-state index contributed by atoms with van der Waals surface area (Å²) in [4.78, 5) is 13.1. The molecule has 0 aliphatic carbocycles. The van der Waals surface area contributed by atoms with Crippen LogP contribution in [0, 0.1) is 0 Å². The Hall–Kier alpha value is -2.41. The van der Waals surface area contributed by atoms with Gasteiger partial charge < -0.3 is 15.7 Å². The number of aliphatic hydroxyl groups is 1. The fourth-order valence-electron chi connectivity index (χ4n) is 2.23. The zero-order valence-corrected chi connectivity index (χ0v) is 15.5. The highest BCUT2D eigenvalue weighted by molar-refractivity contribution is 6.36. The molecule has 0 bridgehead atoms. The van der Waals surface area contributed by atoms with Gasteiger partial charge >= 0.3 is 0 Å². The lowest BCUT2D eigenvalue weighted by Crippen LogP contribution is -2.21. The highest BCUT2D eigenvalue weighted by Gasteiger charge is 2.11. The summed E-state index contributed by atoms with van der Waals surface area (Å²) >= 11 is 12.2. The van der Waals surface area contributed by atoms with Crippen molar-refractivity contribution in [3.05, 3.63) is 58.8 Å². The topological polar surface area (TPSA) is 83.0 Å². The number of nitrogens with zero attached hydrogens (tertiary/aromatic N) is 3. The molecule has 0 fully saturated rings. The van der Waals surface area contributed by atoms with E-state index in [9.17, 15) is 5.11 Å². The number of hydrogen-bond donors (Lipinski definition) is 3. The Bertz CT molecular complexity index is 892. The van der Waals surface area contributed by atoms with Crippen LogP contribution in [0.4, 0.5) is 17.5 Å². The predicted octanol–water partition coefficient (Wildman–Crippen LogP) is 4.38. The molecule has 0 unspecified atom stereocenters. The minimum absolute atomic E-state index is 0.0355. The summed E-state index contributed by atoms with van der Waals surface area (Å²) < 4.78 is 0. The van der Waals surface area contributed by atoms with Crippen molar-refractivity contribution in [3.8, 4) is 11.3 Å². The molecule has 0 radical (unpaired) electrons. The number of nitrogens with one attached hydrogen (secondary N) is 2. The monoisotopic (exact) mass is 389 g/mol. The van der Waals surface area contributed by atoms with Crippen molar-refractivity contribution in [2.75, 3.05) is 17.2 Å². The maximum atomic E-state index is 9.28. The van der Waals surface area contributed by atoms with Gasteiger partial charge in [0.1, 0.15) is 5.82 Å². The van der Waals surface area contributed by atoms with Crippen molar-refractivity contribution >= 4 is 40.7 Å². The van der Waals surface area contributed by atoms with E-state index in [0.29, 0.717) is 33.2 Å². The lowest BCUT2D eigenvalue weighted by atomic mass is 10.2. The van der Waals surface area contributed by atoms with Crippen molar-refractivity contribution in [1.82, 2.24) is 15.0 Å². The summed E-state index contributed by atoms with van der Waals surface area (Å²) in [7, 11) is 0. The van der Waals surface area contributed by atoms with E-state index in [1.807, 2.05) is 19.1 Å². The van der Waals surface area contributed by atoms with Crippen LogP contribution in [-0.4, -0.2) is 32.7 Å². The van der Waals surface area contributed by atoms with E-state index >= 15 is 0 Å². The molecule has 0 amide bonds. The minimum atomic E-state index is -0.189. The molecule has 3 aromatic rings. The number of anilines is 3. The van der Waals surface area contributed by atoms with E-state index in [2.05, 4.69) is 25.6 Å². The third kappa shape index (κ3) is 4.60. The molecule has 0 aliphatic heterocycles. The second-order valence-corrected chi connectivity index (χ2v) is 6.52. The highest BCUT2D eigenvalue weighted by Crippen LogP contribution is 2.29. The van der Waals surface area contributed by atoms with Crippen LogP contribution in [0.5, 0.6) is 0 Å². The van der Waals surface area contributed by atoms with E-state index in [1.54, 1.807) is 36.7 Å². The van der Waals surface area contributed by atoms with E-state index in [4.69, 9.17) is 23.2 Å². The number of rotatable bonds is 6. The predicted molar refractivity (Wildman–Crippen MR) is 105 cm³/mol. The average molecular weight is 390 g/mol. The Kier molecular flexibility index (Phi) is 5.88. The maximum absolute atomic E-state index is 9.28. The summed E-state index contributed by atoms with van der Waals surface area (Å²) in [6, 6.07) is 10.5. The van der Waals surface area contributed by atoms with Crippen molar-refractivity contribution < 1.29 is 5.11 Å². The zero-order chi connectivity index (χ0) is 18.5. The molecule has 0 saturated carbocycles. The number of benzene rings is 1. The molecule has 1 aromatic carbocycles. The molecule has 3 N–H and O–H groups in total. The fraction of sp³-hybridized carbons (Fsp3) is 0.167. The lowest BCUT2D eigenvalue weighted by Gasteiger charge is -2.14. The highest BCUT2D eigenvalue weighted by atomic mass is 35.5. The Balaban J connectivity index is 1.98. The smallest absolute Gasteiger partial charge is 0.225 e. The first-order chi connectivity index (χ1) is 12.5. The lowest BCUT2D eigenvalue weighted by molar-refractivity contribution is 0.281. The first kappa shape index (κ1) is 18.4. The number of halogens is 2. The second kappa shape index (κ2) is 8.31. The molecular formula is C18H17Cl2N5O. The van der Waals surface area contributed by atoms with Crippen LogP contribution in [0.2, 0.25) is 10.0 Å². The molecular weight excluding hydrogens is 373 g/mol. The summed E-state index contributed by atoms with van der Waals surface area (Å²) in [5, 5.41) is 16.6. The van der Waals surface area contributed by atoms with Crippen LogP contribution in [0.25, 0.3) is 11.3 Å². The van der Waals surface area contributed by atoms with Crippen molar-refractivity contribution in [2.45, 2.75) is 13.0 Å². The molecule has 1 atom stereocenters. The largest absolute Gasteiger partial charge is 0.394 e. The van der Waals surface area contributed by atoms with Crippen molar-refractivity contribution in [1.29, 1.82) is 0 Å². The van der Waals surface area contributed by atoms with Gasteiger partial charge in [-0.2, -0.15) is 4.98 Å². The van der Waals surface area contributed by atoms with Gasteiger partial charge in [-0.15, -0.1) is 0 Å². The second-order valence-electron chi connectivity index (χ2n) is 5.68. The van der Waals surface area contributed by atoms with Gasteiger partial charge in [0, 0.05) is 35.1 Å². The van der Waals surface area contributed by atoms with E-state index in [0.717, 1.165) is 5.56 Å². The number of pyridine rings is 1. The Labute approximate surface area is 161 Å². The number of aliphatic hydroxyl groups excluding tert-OH is 1. The van der Waals surface area contributed by atoms with E-state index in [1.165, 1.54) is 0 Å². The van der Waals surface area contributed by atoms with Crippen LogP contribution in [0.15, 0.2) is 48.8 Å². The Morgan fingerprint density at radius 3 is 2.69 bits per heavy atom. The fourth-order valence-corrected chi connectivity index (χ4v) is 2.69. The van der Waals surface area contributed by atoms with Crippen molar-refractivity contribution in [2.24, 2.45) is 0 Å². The van der Waals surface area contributed by atoms with Crippen LogP contribution in [0.3, 0.4) is 0 Å². The molecule has 6 nitrogen and oxygen atoms in total. The first-order valence-corrected chi connectivity index (χ1v) is 8.69. The molecule has 0 aliphatic rings. The minimum Gasteiger partial charge on any atom is -0.394 e. The van der Waals surface area contributed by atoms with Gasteiger partial charge in [0.25, 0.3) is 0 Å². The maximum Gasteiger partial charge on any atom is 0.225 e. The van der Waals surface area contributed by atoms with Gasteiger partial charge in [0.2, 0.25) is 5.95 Å². The third-order valence-electron chi connectivity index (χ3n) is 3.53. The van der Waals surface area contributed by atoms with Crippen molar-refractivity contribution in [3.63, 3.8) is 0 Å². The number of hydrogen-bond acceptors (Lipinski definition) is 6. The molecule has 26 heavy (non-hydrogen) atoms. The van der Waals surface area contributed by atoms with Gasteiger partial charge in [-0.1, -0.05) is 23.2 Å². The SMILES string of the molecule is C[C@@H](CO)Nc1nc(Nc2ccc(Cl)cc2Cl)cc(-c2cccnc2)n1. The average Bonchev–Trinajstić information content (AvgIpc) is 2.64. The summed E-state index contributed by atoms with van der Waals surface area (Å²) in [6.07, 6.45) is 3.42. The standard InChI is InChI=1S/C18H17Cl2N5O/c1-11(10-26)22-18-24-16(12-3-2-6-21-9-12)8-17(25-18)23-15-5-4-13(19)7-14(15)20/h2-9,11,26H,10H2,1H3,(H2,22,23,24,25)/t11-/m0/s1. The van der Waals surface area contributed by atoms with E-state index < -0.39 is 0 Å². The van der Waals surface area contributed by atoms with E-state index in [-0.39, 0.29) is 12.6 Å². The van der Waals surface area contributed by atoms with Crippen LogP contribution >= 0.6 is 23.2 Å². The first-order valence-electron chi connectivity index (χ1n) is 7.94. The molecule has 0 spiro atoms. The number of aromatic nitrogens is 3. The summed E-state index contributed by atoms with van der Waals surface area (Å²) in [6.45, 7) is 1.80. The summed E-state index contributed by atoms with van der Waals surface area (Å²) in [5.74, 6) is 0.941. The van der Waals surface area contributed by atoms with Gasteiger partial charge in [-0.05, 0) is 37.3 Å². The van der Waals surface area contributed by atoms with Gasteiger partial charge in [-0.25, -0.2) is 4.98 Å². The molecule has 3 rings (SSSR count). The molecule has 2 heterocycles. The van der Waals surface area contributed by atoms with Crippen LogP contribution in [0.1, 0.15) is 6.92 Å². The quantitative estimate of drug-likeness (QED) is 0.579. The summed E-state index contributed by atoms with van der Waals surface area (Å²) in [5.41, 5.74) is 2.21. The Morgan fingerprint density at radius 1 is 1.15 bits per heavy atom. The van der Waals surface area contributed by atoms with Crippen LogP contribution < -0.4 is 10.6 Å². The zero-order valence-electron chi connectivity index (χ0n) is 13.9. The normalized spacial score (nSPS) is 11.8. The van der Waals surface area contributed by atoms with Gasteiger partial charge in [0.05, 0.1) is 23.0 Å². The Morgan fingerprint density at radius 2 is 2.00 bits per heavy atom. The van der Waals surface area contributed by atoms with Gasteiger partial charge in [0.15, 0.2) is 0 Å². The molecule has 0 saturated heterocycles. The molecule has 2 aromatic heterocycles. The van der Waals surface area contributed by atoms with Crippen LogP contribution in [-0.2, 0) is 0 Å². The molecule has 8 heteroatoms. The molecule has 134 valence electrons.